The summed E-state index contributed by atoms with van der Waals surface area (Å²) < 4.78 is 11.6. The standard InChI is InChI=1S/C23H30N4O3/c1-4-11-29-21-8-6-5-7-18(21)14-26-10-9-19-20(15-26)24-23(25-22(19)28)27-12-16(2)30-17(3)13-27/h4-8,16-17H,1,9-15H2,2-3H3,(H,24,25,28)/t16-,17-/m1/s1. The van der Waals surface area contributed by atoms with Crippen molar-refractivity contribution in [2.24, 2.45) is 0 Å². The number of nitrogens with one attached hydrogen (secondary N) is 1. The molecular formula is C23H30N4O3. The molecule has 0 amide bonds. The maximum atomic E-state index is 12.7. The van der Waals surface area contributed by atoms with Crippen molar-refractivity contribution in [1.82, 2.24) is 14.9 Å². The first kappa shape index (κ1) is 20.6. The van der Waals surface area contributed by atoms with Crippen LogP contribution in [0.5, 0.6) is 5.75 Å². The Balaban J connectivity index is 1.53. The average molecular weight is 411 g/mol. The first-order valence-electron chi connectivity index (χ1n) is 10.6. The molecule has 1 aromatic carbocycles. The molecule has 0 unspecified atom stereocenters. The second kappa shape index (κ2) is 9.02. The quantitative estimate of drug-likeness (QED) is 0.738. The number of hydrogen-bond donors (Lipinski definition) is 1. The number of aromatic nitrogens is 2. The molecule has 0 aliphatic carbocycles. The molecule has 1 N–H and O–H groups in total. The van der Waals surface area contributed by atoms with E-state index in [0.29, 0.717) is 25.5 Å². The van der Waals surface area contributed by atoms with Crippen molar-refractivity contribution in [1.29, 1.82) is 0 Å². The Labute approximate surface area is 177 Å². The number of para-hydroxylation sites is 1. The predicted octanol–water partition coefficient (Wildman–Crippen LogP) is 2.51. The highest BCUT2D eigenvalue weighted by Gasteiger charge is 2.27. The molecule has 0 radical (unpaired) electrons. The number of rotatable bonds is 6. The predicted molar refractivity (Wildman–Crippen MR) is 117 cm³/mol. The van der Waals surface area contributed by atoms with Gasteiger partial charge in [-0.2, -0.15) is 0 Å². The first-order chi connectivity index (χ1) is 14.5. The molecule has 2 aliphatic heterocycles. The molecule has 0 spiro atoms. The summed E-state index contributed by atoms with van der Waals surface area (Å²) in [4.78, 5) is 25.0. The maximum absolute atomic E-state index is 12.7. The summed E-state index contributed by atoms with van der Waals surface area (Å²) in [7, 11) is 0. The van der Waals surface area contributed by atoms with Gasteiger partial charge in [0.2, 0.25) is 5.95 Å². The summed E-state index contributed by atoms with van der Waals surface area (Å²) >= 11 is 0. The second-order valence-corrected chi connectivity index (χ2v) is 8.15. The van der Waals surface area contributed by atoms with Gasteiger partial charge in [-0.1, -0.05) is 30.9 Å². The van der Waals surface area contributed by atoms with E-state index < -0.39 is 0 Å². The van der Waals surface area contributed by atoms with Gasteiger partial charge in [-0.25, -0.2) is 4.98 Å². The molecule has 1 saturated heterocycles. The maximum Gasteiger partial charge on any atom is 0.255 e. The van der Waals surface area contributed by atoms with E-state index in [2.05, 4.69) is 27.4 Å². The third-order valence-corrected chi connectivity index (χ3v) is 5.58. The van der Waals surface area contributed by atoms with Crippen LogP contribution in [0.2, 0.25) is 0 Å². The highest BCUT2D eigenvalue weighted by Crippen LogP contribution is 2.24. The van der Waals surface area contributed by atoms with Crippen molar-refractivity contribution in [2.45, 2.75) is 45.6 Å². The van der Waals surface area contributed by atoms with Gasteiger partial charge >= 0.3 is 0 Å². The molecular weight excluding hydrogens is 380 g/mol. The number of ether oxygens (including phenoxy) is 2. The fourth-order valence-corrected chi connectivity index (χ4v) is 4.28. The fraction of sp³-hybridized carbons (Fsp3) is 0.478. The molecule has 1 fully saturated rings. The van der Waals surface area contributed by atoms with Gasteiger partial charge in [-0.05, 0) is 26.3 Å². The van der Waals surface area contributed by atoms with Gasteiger partial charge in [0.25, 0.3) is 5.56 Å². The highest BCUT2D eigenvalue weighted by atomic mass is 16.5. The lowest BCUT2D eigenvalue weighted by Crippen LogP contribution is -2.47. The second-order valence-electron chi connectivity index (χ2n) is 8.15. The summed E-state index contributed by atoms with van der Waals surface area (Å²) in [6.07, 6.45) is 2.67. The van der Waals surface area contributed by atoms with Crippen molar-refractivity contribution in [3.63, 3.8) is 0 Å². The zero-order chi connectivity index (χ0) is 21.1. The molecule has 30 heavy (non-hydrogen) atoms. The Morgan fingerprint density at radius 1 is 1.30 bits per heavy atom. The Bertz CT molecular complexity index is 948. The minimum Gasteiger partial charge on any atom is -0.489 e. The topological polar surface area (TPSA) is 70.7 Å². The lowest BCUT2D eigenvalue weighted by atomic mass is 10.1. The third-order valence-electron chi connectivity index (χ3n) is 5.58. The van der Waals surface area contributed by atoms with Crippen LogP contribution < -0.4 is 15.2 Å². The molecule has 3 heterocycles. The van der Waals surface area contributed by atoms with Gasteiger partial charge in [-0.3, -0.25) is 14.7 Å². The van der Waals surface area contributed by atoms with E-state index in [1.165, 1.54) is 0 Å². The number of morpholine rings is 1. The Morgan fingerprint density at radius 3 is 2.83 bits per heavy atom. The zero-order valence-corrected chi connectivity index (χ0v) is 17.8. The number of H-pyrrole nitrogens is 1. The molecule has 7 nitrogen and oxygen atoms in total. The van der Waals surface area contributed by atoms with Gasteiger partial charge in [0.1, 0.15) is 12.4 Å². The smallest absolute Gasteiger partial charge is 0.255 e. The normalized spacial score (nSPS) is 21.9. The van der Waals surface area contributed by atoms with Crippen molar-refractivity contribution in [3.8, 4) is 5.75 Å². The number of benzene rings is 1. The summed E-state index contributed by atoms with van der Waals surface area (Å²) in [6.45, 7) is 12.0. The minimum absolute atomic E-state index is 0.0174. The van der Waals surface area contributed by atoms with Crippen LogP contribution in [-0.4, -0.2) is 53.3 Å². The lowest BCUT2D eigenvalue weighted by molar-refractivity contribution is -0.00576. The number of nitrogens with zero attached hydrogens (tertiary/aromatic N) is 3. The van der Waals surface area contributed by atoms with Crippen molar-refractivity contribution in [3.05, 3.63) is 64.1 Å². The molecule has 160 valence electrons. The van der Waals surface area contributed by atoms with E-state index in [-0.39, 0.29) is 17.8 Å². The molecule has 0 saturated carbocycles. The van der Waals surface area contributed by atoms with Crippen LogP contribution in [0.3, 0.4) is 0 Å². The largest absolute Gasteiger partial charge is 0.489 e. The zero-order valence-electron chi connectivity index (χ0n) is 17.8. The highest BCUT2D eigenvalue weighted by molar-refractivity contribution is 5.36. The third kappa shape index (κ3) is 4.57. The molecule has 2 atom stereocenters. The van der Waals surface area contributed by atoms with Crippen LogP contribution >= 0.6 is 0 Å². The van der Waals surface area contributed by atoms with E-state index in [1.54, 1.807) is 6.08 Å². The number of fused-ring (bicyclic) bond motifs is 1. The first-order valence-corrected chi connectivity index (χ1v) is 10.6. The van der Waals surface area contributed by atoms with Gasteiger partial charge in [0, 0.05) is 43.9 Å². The molecule has 7 heteroatoms. The summed E-state index contributed by atoms with van der Waals surface area (Å²) in [5, 5.41) is 0. The van der Waals surface area contributed by atoms with E-state index in [4.69, 9.17) is 14.5 Å². The van der Waals surface area contributed by atoms with Crippen LogP contribution in [0.1, 0.15) is 30.7 Å². The number of hydrogen-bond acceptors (Lipinski definition) is 6. The fourth-order valence-electron chi connectivity index (χ4n) is 4.28. The van der Waals surface area contributed by atoms with Gasteiger partial charge < -0.3 is 14.4 Å². The molecule has 4 rings (SSSR count). The van der Waals surface area contributed by atoms with E-state index in [0.717, 1.165) is 48.7 Å². The number of anilines is 1. The average Bonchev–Trinajstić information content (AvgIpc) is 2.72. The monoisotopic (exact) mass is 410 g/mol. The lowest BCUT2D eigenvalue weighted by Gasteiger charge is -2.36. The molecule has 2 aromatic rings. The van der Waals surface area contributed by atoms with Crippen LogP contribution in [0.15, 0.2) is 41.7 Å². The Morgan fingerprint density at radius 2 is 2.07 bits per heavy atom. The van der Waals surface area contributed by atoms with Crippen molar-refractivity contribution in [2.75, 3.05) is 31.1 Å². The Kier molecular flexibility index (Phi) is 6.20. The van der Waals surface area contributed by atoms with Gasteiger partial charge in [0.05, 0.1) is 17.9 Å². The SMILES string of the molecule is C=CCOc1ccccc1CN1CCc2c(nc(N3C[C@@H](C)O[C@H](C)C3)[nH]c2=O)C1. The summed E-state index contributed by atoms with van der Waals surface area (Å²) in [6, 6.07) is 8.07. The van der Waals surface area contributed by atoms with E-state index >= 15 is 0 Å². The van der Waals surface area contributed by atoms with Crippen LogP contribution in [0.4, 0.5) is 5.95 Å². The van der Waals surface area contributed by atoms with Gasteiger partial charge in [0.15, 0.2) is 0 Å². The van der Waals surface area contributed by atoms with E-state index in [9.17, 15) is 4.79 Å². The van der Waals surface area contributed by atoms with Gasteiger partial charge in [-0.15, -0.1) is 0 Å². The van der Waals surface area contributed by atoms with Crippen molar-refractivity contribution >= 4 is 5.95 Å². The Hall–Kier alpha value is -2.64. The molecule has 1 aromatic heterocycles. The van der Waals surface area contributed by atoms with Crippen LogP contribution in [-0.2, 0) is 24.2 Å². The minimum atomic E-state index is -0.0174. The number of aromatic amines is 1. The molecule has 2 aliphatic rings. The van der Waals surface area contributed by atoms with E-state index in [1.807, 2.05) is 32.0 Å². The molecule has 0 bridgehead atoms. The van der Waals surface area contributed by atoms with Crippen LogP contribution in [0.25, 0.3) is 0 Å². The summed E-state index contributed by atoms with van der Waals surface area (Å²) in [5.41, 5.74) is 2.79. The van der Waals surface area contributed by atoms with Crippen LogP contribution in [0, 0.1) is 0 Å². The summed E-state index contributed by atoms with van der Waals surface area (Å²) in [5.74, 6) is 1.52. The van der Waals surface area contributed by atoms with Crippen molar-refractivity contribution < 1.29 is 9.47 Å².